The van der Waals surface area contributed by atoms with Gasteiger partial charge in [-0.25, -0.2) is 4.39 Å². The number of rotatable bonds is 9. The van der Waals surface area contributed by atoms with Crippen LogP contribution in [0.3, 0.4) is 0 Å². The van der Waals surface area contributed by atoms with Crippen LogP contribution in [0.2, 0.25) is 0 Å². The summed E-state index contributed by atoms with van der Waals surface area (Å²) in [6.45, 7) is 5.62. The molecule has 0 aromatic heterocycles. The number of aliphatic carboxylic acids is 1. The molecule has 2 fully saturated rings. The van der Waals surface area contributed by atoms with Crippen LogP contribution in [0, 0.1) is 11.7 Å². The van der Waals surface area contributed by atoms with Crippen molar-refractivity contribution in [3.63, 3.8) is 0 Å². The van der Waals surface area contributed by atoms with Crippen molar-refractivity contribution < 1.29 is 19.1 Å². The Kier molecular flexibility index (Phi) is 11.7. The Balaban J connectivity index is 0.00000256. The summed E-state index contributed by atoms with van der Waals surface area (Å²) in [5.74, 6) is -1.07. The van der Waals surface area contributed by atoms with E-state index < -0.39 is 12.0 Å². The maximum absolute atomic E-state index is 14.6. The monoisotopic (exact) mass is 506 g/mol. The van der Waals surface area contributed by atoms with Gasteiger partial charge < -0.3 is 5.11 Å². The molecule has 1 aromatic rings. The van der Waals surface area contributed by atoms with Crippen molar-refractivity contribution in [3.8, 4) is 0 Å². The van der Waals surface area contributed by atoms with Crippen LogP contribution in [-0.4, -0.2) is 64.1 Å². The average molecular weight is 507 g/mol. The van der Waals surface area contributed by atoms with Gasteiger partial charge in [0.15, 0.2) is 5.78 Å². The number of halogens is 3. The molecule has 0 amide bonds. The number of likely N-dealkylation sites (tertiary alicyclic amines) is 1. The van der Waals surface area contributed by atoms with Gasteiger partial charge in [-0.1, -0.05) is 24.3 Å². The Hall–Kier alpha value is -1.12. The molecule has 0 spiro atoms. The van der Waals surface area contributed by atoms with E-state index in [1.807, 2.05) is 24.8 Å². The molecule has 9 heteroatoms. The summed E-state index contributed by atoms with van der Waals surface area (Å²) < 4.78 is 14.6. The highest BCUT2D eigenvalue weighted by molar-refractivity contribution is 7.81. The lowest BCUT2D eigenvalue weighted by molar-refractivity contribution is -0.138. The second-order valence-corrected chi connectivity index (χ2v) is 9.19. The lowest BCUT2D eigenvalue weighted by atomic mass is 9.93. The van der Waals surface area contributed by atoms with E-state index in [0.29, 0.717) is 25.2 Å². The molecule has 32 heavy (non-hydrogen) atoms. The maximum atomic E-state index is 14.6. The van der Waals surface area contributed by atoms with Crippen molar-refractivity contribution in [2.24, 2.45) is 5.92 Å². The lowest BCUT2D eigenvalue weighted by Crippen LogP contribution is -2.43. The van der Waals surface area contributed by atoms with Gasteiger partial charge in [-0.2, -0.15) is 12.6 Å². The molecule has 5 nitrogen and oxygen atoms in total. The highest BCUT2D eigenvalue weighted by atomic mass is 35.5. The standard InChI is InChI=1S/C23H31FN2O3S.2ClH/c1-15(2)25(14-21(27)28)11-9-17-13-26(12-10-20(17)30)22(23(29)16-7-8-16)18-5-3-4-6-19(18)24;;/h3-6,9,15-16,20,22,30H,7-8,10-14H2,1-2H3,(H,27,28);2*1H/b17-9-;;. The fraction of sp³-hybridized carbons (Fsp3) is 0.565. The number of carbonyl (C=O) groups excluding carboxylic acids is 1. The molecule has 180 valence electrons. The van der Waals surface area contributed by atoms with E-state index in [0.717, 1.165) is 24.8 Å². The number of carboxylic acids is 1. The van der Waals surface area contributed by atoms with Crippen molar-refractivity contribution in [1.82, 2.24) is 9.80 Å². The van der Waals surface area contributed by atoms with Gasteiger partial charge >= 0.3 is 5.97 Å². The molecule has 1 aliphatic carbocycles. The van der Waals surface area contributed by atoms with E-state index in [4.69, 9.17) is 17.7 Å². The second kappa shape index (κ2) is 12.9. The Labute approximate surface area is 207 Å². The fourth-order valence-electron chi connectivity index (χ4n) is 4.00. The molecule has 1 N–H and O–H groups in total. The predicted octanol–water partition coefficient (Wildman–Crippen LogP) is 4.42. The Morgan fingerprint density at radius 3 is 2.47 bits per heavy atom. The fourth-order valence-corrected chi connectivity index (χ4v) is 4.30. The van der Waals surface area contributed by atoms with Gasteiger partial charge in [0, 0.05) is 42.4 Å². The third-order valence-corrected chi connectivity index (χ3v) is 6.56. The third kappa shape index (κ3) is 7.45. The first-order chi connectivity index (χ1) is 14.3. The molecule has 1 saturated heterocycles. The first kappa shape index (κ1) is 28.9. The van der Waals surface area contributed by atoms with Crippen molar-refractivity contribution in [2.45, 2.75) is 50.4 Å². The molecular formula is C23H33Cl2FN2O3S. The summed E-state index contributed by atoms with van der Waals surface area (Å²) in [4.78, 5) is 28.2. The van der Waals surface area contributed by atoms with Gasteiger partial charge in [0.05, 0.1) is 12.6 Å². The molecule has 1 saturated carbocycles. The molecule has 2 aliphatic rings. The summed E-state index contributed by atoms with van der Waals surface area (Å²) in [7, 11) is 0. The summed E-state index contributed by atoms with van der Waals surface area (Å²) in [6, 6.07) is 6.06. The third-order valence-electron chi connectivity index (χ3n) is 5.97. The zero-order valence-corrected chi connectivity index (χ0v) is 21.0. The largest absolute Gasteiger partial charge is 0.480 e. The summed E-state index contributed by atoms with van der Waals surface area (Å²) in [6.07, 6.45) is 4.56. The number of carboxylic acid groups (broad SMARTS) is 1. The molecule has 2 unspecified atom stereocenters. The highest BCUT2D eigenvalue weighted by Crippen LogP contribution is 2.39. The first-order valence-corrected chi connectivity index (χ1v) is 11.1. The first-order valence-electron chi connectivity index (χ1n) is 10.6. The zero-order valence-electron chi connectivity index (χ0n) is 18.4. The average Bonchev–Trinajstić information content (AvgIpc) is 3.53. The summed E-state index contributed by atoms with van der Waals surface area (Å²) >= 11 is 4.71. The van der Waals surface area contributed by atoms with Gasteiger partial charge in [0.25, 0.3) is 0 Å². The minimum atomic E-state index is -0.857. The van der Waals surface area contributed by atoms with Crippen LogP contribution in [0.15, 0.2) is 35.9 Å². The number of Topliss-reactive ketones (excluding diaryl/α,β-unsaturated/α-hetero) is 1. The van der Waals surface area contributed by atoms with Crippen LogP contribution in [-0.2, 0) is 9.59 Å². The van der Waals surface area contributed by atoms with E-state index >= 15 is 0 Å². The van der Waals surface area contributed by atoms with Crippen molar-refractivity contribution in [1.29, 1.82) is 0 Å². The smallest absolute Gasteiger partial charge is 0.317 e. The van der Waals surface area contributed by atoms with E-state index in [9.17, 15) is 14.0 Å². The number of thiol groups is 1. The van der Waals surface area contributed by atoms with Gasteiger partial charge in [-0.3, -0.25) is 19.4 Å². The van der Waals surface area contributed by atoms with Crippen LogP contribution >= 0.6 is 37.4 Å². The van der Waals surface area contributed by atoms with Crippen LogP contribution < -0.4 is 0 Å². The Bertz CT molecular complexity index is 820. The van der Waals surface area contributed by atoms with Crippen LogP contribution in [0.4, 0.5) is 4.39 Å². The quantitative estimate of drug-likeness (QED) is 0.383. The number of benzene rings is 1. The van der Waals surface area contributed by atoms with Gasteiger partial charge in [0.2, 0.25) is 0 Å². The Morgan fingerprint density at radius 2 is 1.91 bits per heavy atom. The Morgan fingerprint density at radius 1 is 1.25 bits per heavy atom. The minimum Gasteiger partial charge on any atom is -0.480 e. The van der Waals surface area contributed by atoms with Crippen LogP contribution in [0.5, 0.6) is 0 Å². The zero-order chi connectivity index (χ0) is 21.8. The highest BCUT2D eigenvalue weighted by Gasteiger charge is 2.40. The van der Waals surface area contributed by atoms with E-state index in [1.165, 1.54) is 6.07 Å². The number of ketones is 1. The molecule has 2 atom stereocenters. The molecular weight excluding hydrogens is 474 g/mol. The number of hydrogen-bond donors (Lipinski definition) is 2. The SMILES string of the molecule is CC(C)N(C/C=C1/CN(C(C(=O)C2CC2)c2ccccc2F)CCC1S)CC(=O)O.Cl.Cl. The number of carbonyl (C=O) groups is 2. The maximum Gasteiger partial charge on any atom is 0.317 e. The van der Waals surface area contributed by atoms with Gasteiger partial charge in [-0.15, -0.1) is 24.8 Å². The van der Waals surface area contributed by atoms with Crippen molar-refractivity contribution in [3.05, 3.63) is 47.3 Å². The number of piperidine rings is 1. The summed E-state index contributed by atoms with van der Waals surface area (Å²) in [5.41, 5.74) is 1.51. The summed E-state index contributed by atoms with van der Waals surface area (Å²) in [5, 5.41) is 9.20. The van der Waals surface area contributed by atoms with Crippen LogP contribution in [0.25, 0.3) is 0 Å². The molecule has 1 heterocycles. The van der Waals surface area contributed by atoms with Crippen molar-refractivity contribution >= 4 is 49.2 Å². The van der Waals surface area contributed by atoms with Crippen LogP contribution in [0.1, 0.15) is 44.7 Å². The second-order valence-electron chi connectivity index (χ2n) is 8.57. The van der Waals surface area contributed by atoms with E-state index in [-0.39, 0.29) is 60.2 Å². The normalized spacial score (nSPS) is 21.2. The number of nitrogens with zero attached hydrogens (tertiary/aromatic N) is 2. The molecule has 1 aliphatic heterocycles. The topological polar surface area (TPSA) is 60.9 Å². The van der Waals surface area contributed by atoms with Crippen molar-refractivity contribution in [2.75, 3.05) is 26.2 Å². The lowest BCUT2D eigenvalue weighted by Gasteiger charge is -2.38. The molecule has 1 aromatic carbocycles. The number of hydrogen-bond acceptors (Lipinski definition) is 5. The molecule has 0 radical (unpaired) electrons. The molecule has 0 bridgehead atoms. The van der Waals surface area contributed by atoms with E-state index in [1.54, 1.807) is 18.2 Å². The van der Waals surface area contributed by atoms with Gasteiger partial charge in [0.1, 0.15) is 5.82 Å². The van der Waals surface area contributed by atoms with Gasteiger partial charge in [-0.05, 0) is 44.7 Å². The van der Waals surface area contributed by atoms with E-state index in [2.05, 4.69) is 4.90 Å². The predicted molar refractivity (Wildman–Crippen MR) is 133 cm³/mol. The minimum absolute atomic E-state index is 0. The molecule has 3 rings (SSSR count).